The zero-order chi connectivity index (χ0) is 17.2. The van der Waals surface area contributed by atoms with E-state index in [9.17, 15) is 0 Å². The number of guanidine groups is 1. The molecule has 0 aromatic heterocycles. The lowest BCUT2D eigenvalue weighted by Gasteiger charge is -2.11. The maximum absolute atomic E-state index is 5.92. The summed E-state index contributed by atoms with van der Waals surface area (Å²) >= 11 is 0. The Hall–Kier alpha value is -1.59. The molecule has 0 amide bonds. The molecule has 1 fully saturated rings. The van der Waals surface area contributed by atoms with Crippen molar-refractivity contribution < 1.29 is 9.47 Å². The van der Waals surface area contributed by atoms with Gasteiger partial charge in [0.05, 0.1) is 12.7 Å². The molecule has 0 bridgehead atoms. The van der Waals surface area contributed by atoms with Crippen LogP contribution in [0.2, 0.25) is 0 Å². The first kappa shape index (κ1) is 18.7. The second kappa shape index (κ2) is 10.3. The first-order valence-electron chi connectivity index (χ1n) is 9.05. The van der Waals surface area contributed by atoms with Crippen LogP contribution in [0.15, 0.2) is 29.3 Å². The number of hydrogen-bond donors (Lipinski definition) is 2. The lowest BCUT2D eigenvalue weighted by Crippen LogP contribution is -2.23. The predicted octanol–water partition coefficient (Wildman–Crippen LogP) is 3.51. The number of aliphatic imine (C=N–C) groups is 1. The Morgan fingerprint density at radius 2 is 2.21 bits per heavy atom. The Bertz CT molecular complexity index is 496. The molecule has 0 saturated carbocycles. The third kappa shape index (κ3) is 6.49. The zero-order valence-corrected chi connectivity index (χ0v) is 15.0. The molecule has 2 rings (SSSR count). The molecule has 24 heavy (non-hydrogen) atoms. The second-order valence-corrected chi connectivity index (χ2v) is 6.39. The molecule has 0 radical (unpaired) electrons. The Kier molecular flexibility index (Phi) is 8.05. The minimum atomic E-state index is 0.290. The smallest absolute Gasteiger partial charge is 0.193 e. The summed E-state index contributed by atoms with van der Waals surface area (Å²) in [4.78, 5) is 4.33. The van der Waals surface area contributed by atoms with Gasteiger partial charge in [-0.25, -0.2) is 0 Å². The van der Waals surface area contributed by atoms with Crippen molar-refractivity contribution in [3.8, 4) is 0 Å². The predicted molar refractivity (Wildman–Crippen MR) is 99.7 cm³/mol. The maximum atomic E-state index is 5.92. The third-order valence-corrected chi connectivity index (χ3v) is 4.42. The summed E-state index contributed by atoms with van der Waals surface area (Å²) < 4.78 is 11.1. The van der Waals surface area contributed by atoms with Crippen LogP contribution in [-0.2, 0) is 9.47 Å². The van der Waals surface area contributed by atoms with Gasteiger partial charge in [0.15, 0.2) is 5.96 Å². The highest BCUT2D eigenvalue weighted by Crippen LogP contribution is 2.20. The molecule has 2 atom stereocenters. The molecule has 5 heteroatoms. The molecule has 2 unspecified atom stereocenters. The van der Waals surface area contributed by atoms with E-state index in [0.29, 0.717) is 37.7 Å². The number of nitrogens with two attached hydrogens (primary N) is 1. The van der Waals surface area contributed by atoms with Crippen molar-refractivity contribution in [2.24, 2.45) is 10.7 Å². The van der Waals surface area contributed by atoms with Gasteiger partial charge < -0.3 is 20.5 Å². The highest BCUT2D eigenvalue weighted by Gasteiger charge is 2.14. The molecule has 1 aromatic carbocycles. The van der Waals surface area contributed by atoms with Crippen molar-refractivity contribution in [3.63, 3.8) is 0 Å². The van der Waals surface area contributed by atoms with Crippen molar-refractivity contribution >= 4 is 11.6 Å². The number of hydrogen-bond acceptors (Lipinski definition) is 3. The van der Waals surface area contributed by atoms with Crippen LogP contribution >= 0.6 is 0 Å². The molecule has 5 nitrogen and oxygen atoms in total. The van der Waals surface area contributed by atoms with Crippen molar-refractivity contribution in [1.29, 1.82) is 0 Å². The highest BCUT2D eigenvalue weighted by atomic mass is 16.5. The summed E-state index contributed by atoms with van der Waals surface area (Å²) in [6.45, 7) is 7.36. The summed E-state index contributed by atoms with van der Waals surface area (Å²) in [5.41, 5.74) is 8.24. The van der Waals surface area contributed by atoms with E-state index >= 15 is 0 Å². The van der Waals surface area contributed by atoms with Crippen LogP contribution in [0.1, 0.15) is 51.0 Å². The summed E-state index contributed by atoms with van der Waals surface area (Å²) in [7, 11) is 0. The van der Waals surface area contributed by atoms with E-state index in [4.69, 9.17) is 15.2 Å². The van der Waals surface area contributed by atoms with Gasteiger partial charge in [-0.15, -0.1) is 0 Å². The normalized spacial score (nSPS) is 19.4. The average Bonchev–Trinajstić information content (AvgIpc) is 3.11. The number of rotatable bonds is 9. The van der Waals surface area contributed by atoms with Gasteiger partial charge in [-0.3, -0.25) is 4.99 Å². The van der Waals surface area contributed by atoms with E-state index in [1.807, 2.05) is 0 Å². The topological polar surface area (TPSA) is 68.9 Å². The van der Waals surface area contributed by atoms with E-state index in [2.05, 4.69) is 48.4 Å². The lowest BCUT2D eigenvalue weighted by atomic mass is 9.99. The number of nitrogens with one attached hydrogen (secondary N) is 1. The monoisotopic (exact) mass is 333 g/mol. The molecule has 1 aromatic rings. The minimum Gasteiger partial charge on any atom is -0.379 e. The molecule has 0 aliphatic carbocycles. The van der Waals surface area contributed by atoms with Gasteiger partial charge >= 0.3 is 0 Å². The van der Waals surface area contributed by atoms with E-state index in [1.54, 1.807) is 0 Å². The fourth-order valence-electron chi connectivity index (χ4n) is 2.67. The van der Waals surface area contributed by atoms with Gasteiger partial charge in [-0.1, -0.05) is 26.0 Å². The van der Waals surface area contributed by atoms with Crippen molar-refractivity contribution in [3.05, 3.63) is 29.8 Å². The SMILES string of the molecule is CCC(C)c1ccc(NC(N)=NCCCOCC2CCCO2)cc1. The standard InChI is InChI=1S/C19H31N3O2/c1-3-15(2)16-7-9-17(10-8-16)22-19(20)21-11-5-12-23-14-18-6-4-13-24-18/h7-10,15,18H,3-6,11-14H2,1-2H3,(H3,20,21,22). The van der Waals surface area contributed by atoms with Gasteiger partial charge in [0.1, 0.15) is 0 Å². The maximum Gasteiger partial charge on any atom is 0.193 e. The van der Waals surface area contributed by atoms with E-state index in [0.717, 1.165) is 38.0 Å². The summed E-state index contributed by atoms with van der Waals surface area (Å²) in [5, 5.41) is 3.13. The number of benzene rings is 1. The zero-order valence-electron chi connectivity index (χ0n) is 15.0. The Morgan fingerprint density at radius 3 is 2.88 bits per heavy atom. The van der Waals surface area contributed by atoms with Crippen LogP contribution < -0.4 is 11.1 Å². The van der Waals surface area contributed by atoms with Crippen LogP contribution in [0, 0.1) is 0 Å². The van der Waals surface area contributed by atoms with Gasteiger partial charge in [-0.2, -0.15) is 0 Å². The number of nitrogens with zero attached hydrogens (tertiary/aromatic N) is 1. The molecule has 1 aliphatic rings. The first-order valence-corrected chi connectivity index (χ1v) is 9.05. The molecule has 3 N–H and O–H groups in total. The molecule has 1 aliphatic heterocycles. The van der Waals surface area contributed by atoms with Crippen LogP contribution in [-0.4, -0.2) is 38.4 Å². The highest BCUT2D eigenvalue weighted by molar-refractivity contribution is 5.92. The third-order valence-electron chi connectivity index (χ3n) is 4.42. The molecule has 1 heterocycles. The summed E-state index contributed by atoms with van der Waals surface area (Å²) in [5.74, 6) is 1.03. The Balaban J connectivity index is 1.62. The average molecular weight is 333 g/mol. The quantitative estimate of drug-likeness (QED) is 0.412. The molecule has 0 spiro atoms. The van der Waals surface area contributed by atoms with Gasteiger partial charge in [0.25, 0.3) is 0 Å². The van der Waals surface area contributed by atoms with E-state index in [-0.39, 0.29) is 0 Å². The molecular weight excluding hydrogens is 302 g/mol. The summed E-state index contributed by atoms with van der Waals surface area (Å²) in [6.07, 6.45) is 4.57. The second-order valence-electron chi connectivity index (χ2n) is 6.39. The van der Waals surface area contributed by atoms with Gasteiger partial charge in [-0.05, 0) is 49.3 Å². The molecular formula is C19H31N3O2. The summed E-state index contributed by atoms with van der Waals surface area (Å²) in [6, 6.07) is 8.38. The van der Waals surface area contributed by atoms with Gasteiger partial charge in [0, 0.05) is 25.4 Å². The first-order chi connectivity index (χ1) is 11.7. The van der Waals surface area contributed by atoms with Crippen molar-refractivity contribution in [2.45, 2.75) is 51.6 Å². The fourth-order valence-corrected chi connectivity index (χ4v) is 2.67. The van der Waals surface area contributed by atoms with Crippen LogP contribution in [0.25, 0.3) is 0 Å². The van der Waals surface area contributed by atoms with E-state index < -0.39 is 0 Å². The Labute approximate surface area is 145 Å². The van der Waals surface area contributed by atoms with Crippen LogP contribution in [0.5, 0.6) is 0 Å². The van der Waals surface area contributed by atoms with E-state index in [1.165, 1.54) is 5.56 Å². The molecule has 1 saturated heterocycles. The van der Waals surface area contributed by atoms with Crippen molar-refractivity contribution in [2.75, 3.05) is 31.7 Å². The number of ether oxygens (including phenoxy) is 2. The largest absolute Gasteiger partial charge is 0.379 e. The Morgan fingerprint density at radius 1 is 1.42 bits per heavy atom. The fraction of sp³-hybridized carbons (Fsp3) is 0.632. The van der Waals surface area contributed by atoms with Crippen LogP contribution in [0.3, 0.4) is 0 Å². The minimum absolute atomic E-state index is 0.290. The van der Waals surface area contributed by atoms with Crippen LogP contribution in [0.4, 0.5) is 5.69 Å². The van der Waals surface area contributed by atoms with Gasteiger partial charge in [0.2, 0.25) is 0 Å². The number of anilines is 1. The lowest BCUT2D eigenvalue weighted by molar-refractivity contribution is 0.0171. The van der Waals surface area contributed by atoms with Crippen molar-refractivity contribution in [1.82, 2.24) is 0 Å². The molecule has 134 valence electrons.